The topological polar surface area (TPSA) is 86.3 Å². The van der Waals surface area contributed by atoms with E-state index in [0.29, 0.717) is 6.08 Å². The second-order valence-corrected chi connectivity index (χ2v) is 2.42. The lowest BCUT2D eigenvalue weighted by Gasteiger charge is -2.05. The fraction of sp³-hybridized carbons (Fsp3) is 0.333. The quantitative estimate of drug-likeness (QED) is 0.478. The molecule has 1 aliphatic rings. The van der Waals surface area contributed by atoms with E-state index in [9.17, 15) is 24.6 Å². The van der Waals surface area contributed by atoms with Crippen LogP contribution in [0.2, 0.25) is 0 Å². The Hall–Kier alpha value is -1.79. The summed E-state index contributed by atoms with van der Waals surface area (Å²) in [6.07, 6.45) is -0.395. The van der Waals surface area contributed by atoms with Crippen LogP contribution >= 0.6 is 0 Å². The maximum atomic E-state index is 12.8. The van der Waals surface area contributed by atoms with Gasteiger partial charge in [0.25, 0.3) is 11.4 Å². The summed E-state index contributed by atoms with van der Waals surface area (Å²) in [5, 5.41) is 20.4. The van der Waals surface area contributed by atoms with E-state index in [-0.39, 0.29) is 6.42 Å². The molecule has 13 heavy (non-hydrogen) atoms. The number of hydrogen-bond acceptors (Lipinski definition) is 4. The predicted molar refractivity (Wildman–Crippen MR) is 39.7 cm³/mol. The van der Waals surface area contributed by atoms with Crippen molar-refractivity contribution >= 4 is 0 Å². The van der Waals surface area contributed by atoms with E-state index < -0.39 is 27.4 Å². The molecule has 70 valence electrons. The van der Waals surface area contributed by atoms with Gasteiger partial charge in [-0.1, -0.05) is 0 Å². The number of allylic oxidation sites excluding steroid dienone is 3. The second kappa shape index (κ2) is 3.30. The van der Waals surface area contributed by atoms with Crippen molar-refractivity contribution in [3.8, 4) is 0 Å². The Morgan fingerprint density at radius 3 is 2.46 bits per heavy atom. The Morgan fingerprint density at radius 1 is 1.38 bits per heavy atom. The van der Waals surface area contributed by atoms with E-state index in [0.717, 1.165) is 6.08 Å². The minimum atomic E-state index is -1.75. The number of nitrogens with zero attached hydrogens (tertiary/aromatic N) is 2. The first-order chi connectivity index (χ1) is 6.02. The smallest absolute Gasteiger partial charge is 0.259 e. The zero-order chi connectivity index (χ0) is 10.0. The highest BCUT2D eigenvalue weighted by Crippen LogP contribution is 2.21. The van der Waals surface area contributed by atoms with Crippen LogP contribution in [0.4, 0.5) is 4.39 Å². The molecule has 1 atom stereocenters. The van der Waals surface area contributed by atoms with Crippen molar-refractivity contribution in [3.05, 3.63) is 43.8 Å². The molecule has 0 saturated heterocycles. The molecule has 0 aliphatic heterocycles. The van der Waals surface area contributed by atoms with Crippen LogP contribution in [-0.2, 0) is 0 Å². The van der Waals surface area contributed by atoms with Gasteiger partial charge in [0.05, 0.1) is 15.9 Å². The molecule has 0 heterocycles. The number of nitro groups is 2. The van der Waals surface area contributed by atoms with Crippen molar-refractivity contribution in [2.24, 2.45) is 0 Å². The fourth-order valence-corrected chi connectivity index (χ4v) is 0.940. The molecule has 0 spiro atoms. The molecule has 0 aromatic heterocycles. The molecule has 0 bridgehead atoms. The molecule has 0 aromatic rings. The molecule has 0 amide bonds. The van der Waals surface area contributed by atoms with Gasteiger partial charge in [0.1, 0.15) is 0 Å². The first kappa shape index (κ1) is 9.30. The van der Waals surface area contributed by atoms with Crippen molar-refractivity contribution in [3.63, 3.8) is 0 Å². The largest absolute Gasteiger partial charge is 0.287 e. The van der Waals surface area contributed by atoms with Gasteiger partial charge >= 0.3 is 0 Å². The summed E-state index contributed by atoms with van der Waals surface area (Å²) in [5.74, 6) is 0. The third-order valence-corrected chi connectivity index (χ3v) is 1.57. The van der Waals surface area contributed by atoms with Crippen LogP contribution in [0.15, 0.2) is 23.5 Å². The normalized spacial score (nSPS) is 21.8. The van der Waals surface area contributed by atoms with Gasteiger partial charge in [-0.2, -0.15) is 0 Å². The highest BCUT2D eigenvalue weighted by atomic mass is 19.1. The molecule has 6 nitrogen and oxygen atoms in total. The van der Waals surface area contributed by atoms with Crippen LogP contribution in [0.25, 0.3) is 0 Å². The van der Waals surface area contributed by atoms with Gasteiger partial charge < -0.3 is 0 Å². The minimum Gasteiger partial charge on any atom is -0.259 e. The fourth-order valence-electron chi connectivity index (χ4n) is 0.940. The maximum absolute atomic E-state index is 12.8. The summed E-state index contributed by atoms with van der Waals surface area (Å²) in [6, 6.07) is 0. The lowest BCUT2D eigenvalue weighted by Crippen LogP contribution is -2.17. The molecule has 0 fully saturated rings. The Labute approximate surface area is 71.7 Å². The standard InChI is InChI=1S/C6H5FN2O4/c7-5-2-1-4(8(10)11)3-6(5)9(12)13/h1,3,5H,2H2. The molecule has 0 aromatic carbocycles. The predicted octanol–water partition coefficient (Wildman–Crippen LogP) is 1.05. The molecule has 7 heteroatoms. The van der Waals surface area contributed by atoms with Gasteiger partial charge in [-0.05, 0) is 6.08 Å². The monoisotopic (exact) mass is 188 g/mol. The van der Waals surface area contributed by atoms with E-state index >= 15 is 0 Å². The average Bonchev–Trinajstić information content (AvgIpc) is 2.04. The molecule has 1 aliphatic carbocycles. The molecule has 1 unspecified atom stereocenters. The third-order valence-electron chi connectivity index (χ3n) is 1.57. The highest BCUT2D eigenvalue weighted by molar-refractivity contribution is 5.22. The third kappa shape index (κ3) is 1.86. The lowest BCUT2D eigenvalue weighted by atomic mass is 10.1. The molecular formula is C6H5FN2O4. The molecule has 0 saturated carbocycles. The molecular weight excluding hydrogens is 183 g/mol. The Kier molecular flexibility index (Phi) is 2.36. The number of alkyl halides is 1. The molecule has 0 radical (unpaired) electrons. The van der Waals surface area contributed by atoms with Gasteiger partial charge in [0.2, 0.25) is 0 Å². The summed E-state index contributed by atoms with van der Waals surface area (Å²) < 4.78 is 12.8. The van der Waals surface area contributed by atoms with Crippen molar-refractivity contribution in [1.29, 1.82) is 0 Å². The van der Waals surface area contributed by atoms with Crippen molar-refractivity contribution in [1.82, 2.24) is 0 Å². The molecule has 0 N–H and O–H groups in total. The van der Waals surface area contributed by atoms with Crippen LogP contribution in [0.1, 0.15) is 6.42 Å². The summed E-state index contributed by atoms with van der Waals surface area (Å²) in [7, 11) is 0. The van der Waals surface area contributed by atoms with Gasteiger partial charge in [-0.15, -0.1) is 0 Å². The summed E-state index contributed by atoms with van der Waals surface area (Å²) in [4.78, 5) is 18.6. The number of halogens is 1. The summed E-state index contributed by atoms with van der Waals surface area (Å²) in [6.45, 7) is 0. The van der Waals surface area contributed by atoms with Crippen LogP contribution in [0.3, 0.4) is 0 Å². The first-order valence-corrected chi connectivity index (χ1v) is 3.37. The Morgan fingerprint density at radius 2 is 2.00 bits per heavy atom. The van der Waals surface area contributed by atoms with Crippen LogP contribution in [0, 0.1) is 20.2 Å². The minimum absolute atomic E-state index is 0.316. The highest BCUT2D eigenvalue weighted by Gasteiger charge is 2.30. The van der Waals surface area contributed by atoms with E-state index in [1.165, 1.54) is 0 Å². The Bertz CT molecular complexity index is 323. The zero-order valence-electron chi connectivity index (χ0n) is 6.34. The van der Waals surface area contributed by atoms with Gasteiger partial charge in [-0.25, -0.2) is 4.39 Å². The van der Waals surface area contributed by atoms with Crippen LogP contribution in [-0.4, -0.2) is 16.0 Å². The van der Waals surface area contributed by atoms with E-state index in [2.05, 4.69) is 0 Å². The number of hydrogen-bond donors (Lipinski definition) is 0. The van der Waals surface area contributed by atoms with Crippen molar-refractivity contribution in [2.75, 3.05) is 0 Å². The van der Waals surface area contributed by atoms with E-state index in [1.807, 2.05) is 0 Å². The molecule has 1 rings (SSSR count). The van der Waals surface area contributed by atoms with Gasteiger partial charge in [-0.3, -0.25) is 20.2 Å². The summed E-state index contributed by atoms with van der Waals surface area (Å²) >= 11 is 0. The summed E-state index contributed by atoms with van der Waals surface area (Å²) in [5.41, 5.74) is -1.19. The van der Waals surface area contributed by atoms with Crippen molar-refractivity contribution < 1.29 is 14.2 Å². The van der Waals surface area contributed by atoms with Gasteiger partial charge in [0, 0.05) is 6.42 Å². The number of rotatable bonds is 2. The van der Waals surface area contributed by atoms with E-state index in [4.69, 9.17) is 0 Å². The van der Waals surface area contributed by atoms with Crippen LogP contribution < -0.4 is 0 Å². The maximum Gasteiger partial charge on any atom is 0.287 e. The van der Waals surface area contributed by atoms with E-state index in [1.54, 1.807) is 0 Å². The second-order valence-electron chi connectivity index (χ2n) is 2.42. The van der Waals surface area contributed by atoms with Crippen LogP contribution in [0.5, 0.6) is 0 Å². The lowest BCUT2D eigenvalue weighted by molar-refractivity contribution is -0.442. The van der Waals surface area contributed by atoms with Gasteiger partial charge in [0.15, 0.2) is 6.17 Å². The first-order valence-electron chi connectivity index (χ1n) is 3.37. The zero-order valence-corrected chi connectivity index (χ0v) is 6.34. The SMILES string of the molecule is O=[N+]([O-])C1=CCC(F)C([N+](=O)[O-])=C1. The Balaban J connectivity index is 2.98. The average molecular weight is 188 g/mol. The van der Waals surface area contributed by atoms with Crippen molar-refractivity contribution in [2.45, 2.75) is 12.6 Å².